The minimum Gasteiger partial charge on any atom is -0.496 e. The molecule has 216 valence electrons. The molecule has 0 bridgehead atoms. The lowest BCUT2D eigenvalue weighted by molar-refractivity contribution is -0.151. The molecular weight excluding hydrogens is 504 g/mol. The summed E-state index contributed by atoms with van der Waals surface area (Å²) >= 11 is 0. The Morgan fingerprint density at radius 2 is 1.77 bits per heavy atom. The van der Waals surface area contributed by atoms with Gasteiger partial charge in [0.1, 0.15) is 36.3 Å². The van der Waals surface area contributed by atoms with Crippen LogP contribution in [-0.2, 0) is 36.8 Å². The average Bonchev–Trinajstić information content (AvgIpc) is 3.34. The largest absolute Gasteiger partial charge is 0.496 e. The molecule has 3 heterocycles. The van der Waals surface area contributed by atoms with Crippen LogP contribution in [0.1, 0.15) is 47.3 Å². The van der Waals surface area contributed by atoms with Gasteiger partial charge in [0, 0.05) is 43.9 Å². The Morgan fingerprint density at radius 1 is 1.08 bits per heavy atom. The van der Waals surface area contributed by atoms with Crippen molar-refractivity contribution >= 4 is 11.9 Å². The Kier molecular flexibility index (Phi) is 10.6. The van der Waals surface area contributed by atoms with Crippen LogP contribution < -0.4 is 9.47 Å². The van der Waals surface area contributed by atoms with Crippen molar-refractivity contribution in [3.63, 3.8) is 0 Å². The van der Waals surface area contributed by atoms with Crippen LogP contribution in [0.2, 0.25) is 0 Å². The predicted octanol–water partition coefficient (Wildman–Crippen LogP) is 2.53. The van der Waals surface area contributed by atoms with Crippen LogP contribution >= 0.6 is 0 Å². The van der Waals surface area contributed by atoms with Crippen LogP contribution in [0, 0.1) is 6.92 Å². The summed E-state index contributed by atoms with van der Waals surface area (Å²) in [5.41, 5.74) is 4.05. The molecule has 1 aromatic rings. The molecule has 0 spiro atoms. The highest BCUT2D eigenvalue weighted by Gasteiger charge is 2.33. The third-order valence-corrected chi connectivity index (χ3v) is 7.60. The summed E-state index contributed by atoms with van der Waals surface area (Å²) in [5, 5.41) is 0. The van der Waals surface area contributed by atoms with Crippen molar-refractivity contribution in [2.24, 2.45) is 0 Å². The summed E-state index contributed by atoms with van der Waals surface area (Å²) in [6.07, 6.45) is 3.12. The van der Waals surface area contributed by atoms with Crippen molar-refractivity contribution in [2.75, 3.05) is 79.5 Å². The molecule has 1 unspecified atom stereocenters. The molecule has 10 nitrogen and oxygen atoms in total. The van der Waals surface area contributed by atoms with E-state index in [0.717, 1.165) is 41.9 Å². The molecule has 0 amide bonds. The van der Waals surface area contributed by atoms with Crippen LogP contribution in [0.25, 0.3) is 0 Å². The van der Waals surface area contributed by atoms with Gasteiger partial charge >= 0.3 is 11.9 Å². The first-order valence-electron chi connectivity index (χ1n) is 13.9. The molecule has 10 heteroatoms. The van der Waals surface area contributed by atoms with E-state index in [9.17, 15) is 9.59 Å². The molecule has 0 saturated carbocycles. The number of fused-ring (bicyclic) bond motifs is 1. The van der Waals surface area contributed by atoms with Gasteiger partial charge in [0.05, 0.1) is 40.1 Å². The molecule has 2 fully saturated rings. The number of nitrogens with zero attached hydrogens (tertiary/aromatic N) is 2. The summed E-state index contributed by atoms with van der Waals surface area (Å²) in [4.78, 5) is 30.1. The Bertz CT molecular complexity index is 1040. The van der Waals surface area contributed by atoms with E-state index in [1.165, 1.54) is 0 Å². The van der Waals surface area contributed by atoms with Crippen LogP contribution in [0.15, 0.2) is 11.6 Å². The maximum Gasteiger partial charge on any atom is 0.342 e. The van der Waals surface area contributed by atoms with Gasteiger partial charge in [-0.15, -0.1) is 0 Å². The topological polar surface area (TPSA) is 96.0 Å². The Morgan fingerprint density at radius 3 is 2.44 bits per heavy atom. The van der Waals surface area contributed by atoms with E-state index in [1.54, 1.807) is 7.11 Å². The lowest BCUT2D eigenvalue weighted by atomic mass is 9.94. The molecule has 4 rings (SSSR count). The molecule has 0 N–H and O–H groups in total. The highest BCUT2D eigenvalue weighted by atomic mass is 16.5. The zero-order valence-electron chi connectivity index (χ0n) is 23.7. The fourth-order valence-electron chi connectivity index (χ4n) is 5.42. The monoisotopic (exact) mass is 546 g/mol. The molecule has 0 aromatic heterocycles. The molecule has 0 radical (unpaired) electrons. The summed E-state index contributed by atoms with van der Waals surface area (Å²) in [6.45, 7) is 13.3. The second kappa shape index (κ2) is 14.1. The number of carbonyl (C=O) groups is 2. The van der Waals surface area contributed by atoms with Crippen LogP contribution in [-0.4, -0.2) is 107 Å². The summed E-state index contributed by atoms with van der Waals surface area (Å²) < 4.78 is 33.9. The van der Waals surface area contributed by atoms with Gasteiger partial charge in [0.25, 0.3) is 0 Å². The zero-order valence-corrected chi connectivity index (χ0v) is 23.7. The first-order valence-corrected chi connectivity index (χ1v) is 13.9. The van der Waals surface area contributed by atoms with E-state index in [4.69, 9.17) is 28.4 Å². The van der Waals surface area contributed by atoms with Crippen molar-refractivity contribution in [3.8, 4) is 11.5 Å². The molecule has 39 heavy (non-hydrogen) atoms. The average molecular weight is 547 g/mol. The second-order valence-corrected chi connectivity index (χ2v) is 10.1. The molecular formula is C29H42N2O8. The molecule has 1 atom stereocenters. The number of esters is 2. The van der Waals surface area contributed by atoms with Gasteiger partial charge in [-0.05, 0) is 39.2 Å². The van der Waals surface area contributed by atoms with E-state index >= 15 is 0 Å². The Hall–Kier alpha value is -2.66. The highest BCUT2D eigenvalue weighted by molar-refractivity contribution is 5.98. The van der Waals surface area contributed by atoms with Crippen molar-refractivity contribution in [3.05, 3.63) is 33.9 Å². The standard InChI is InChI=1S/C29H42N2O8/c1-5-37-28(32)24(31-11-15-36-16-12-31)18-20(2)6-7-22-26(34-4)21(3)23-19-39-29(33)25(23)27(22)38-17-10-30-8-13-35-14-9-30/h6,24H,5,7-19H2,1-4H3. The number of methoxy groups -OCH3 is 1. The molecule has 3 aliphatic rings. The van der Waals surface area contributed by atoms with E-state index in [0.29, 0.717) is 82.6 Å². The van der Waals surface area contributed by atoms with Crippen molar-refractivity contribution in [1.29, 1.82) is 0 Å². The number of allylic oxidation sites excluding steroid dienone is 1. The van der Waals surface area contributed by atoms with Crippen LogP contribution in [0.4, 0.5) is 0 Å². The van der Waals surface area contributed by atoms with E-state index in [-0.39, 0.29) is 24.6 Å². The highest BCUT2D eigenvalue weighted by Crippen LogP contribution is 2.43. The maximum absolute atomic E-state index is 12.8. The maximum atomic E-state index is 12.8. The number of cyclic esters (lactones) is 1. The normalized spacial score (nSPS) is 19.4. The number of ether oxygens (including phenoxy) is 6. The zero-order chi connectivity index (χ0) is 27.8. The van der Waals surface area contributed by atoms with Gasteiger partial charge < -0.3 is 28.4 Å². The van der Waals surface area contributed by atoms with Gasteiger partial charge in [-0.1, -0.05) is 11.6 Å². The lowest BCUT2D eigenvalue weighted by Gasteiger charge is -2.33. The number of hydrogen-bond donors (Lipinski definition) is 0. The molecule has 2 saturated heterocycles. The van der Waals surface area contributed by atoms with E-state index < -0.39 is 0 Å². The van der Waals surface area contributed by atoms with Gasteiger partial charge in [0.15, 0.2) is 0 Å². The van der Waals surface area contributed by atoms with Crippen molar-refractivity contribution < 1.29 is 38.0 Å². The van der Waals surface area contributed by atoms with Gasteiger partial charge in [-0.3, -0.25) is 14.6 Å². The van der Waals surface area contributed by atoms with Crippen molar-refractivity contribution in [2.45, 2.75) is 46.3 Å². The second-order valence-electron chi connectivity index (χ2n) is 10.1. The van der Waals surface area contributed by atoms with Gasteiger partial charge in [-0.25, -0.2) is 4.79 Å². The summed E-state index contributed by atoms with van der Waals surface area (Å²) in [7, 11) is 1.64. The lowest BCUT2D eigenvalue weighted by Crippen LogP contribution is -2.48. The molecule has 0 aliphatic carbocycles. The molecule has 3 aliphatic heterocycles. The minimum atomic E-state index is -0.368. The fraction of sp³-hybridized carbons (Fsp3) is 0.655. The predicted molar refractivity (Wildman–Crippen MR) is 144 cm³/mol. The number of benzene rings is 1. The minimum absolute atomic E-state index is 0.214. The van der Waals surface area contributed by atoms with Crippen molar-refractivity contribution in [1.82, 2.24) is 9.80 Å². The van der Waals surface area contributed by atoms with E-state index in [1.807, 2.05) is 20.8 Å². The van der Waals surface area contributed by atoms with E-state index in [2.05, 4.69) is 15.9 Å². The Labute approximate surface area is 231 Å². The third kappa shape index (κ3) is 7.11. The van der Waals surface area contributed by atoms with Gasteiger partial charge in [0.2, 0.25) is 0 Å². The number of carbonyl (C=O) groups excluding carboxylic acids is 2. The smallest absolute Gasteiger partial charge is 0.342 e. The summed E-state index contributed by atoms with van der Waals surface area (Å²) in [6, 6.07) is -0.368. The van der Waals surface area contributed by atoms with Crippen LogP contribution in [0.3, 0.4) is 0 Å². The molecule has 1 aromatic carbocycles. The van der Waals surface area contributed by atoms with Crippen LogP contribution in [0.5, 0.6) is 11.5 Å². The fourth-order valence-corrected chi connectivity index (χ4v) is 5.42. The third-order valence-electron chi connectivity index (χ3n) is 7.60. The quantitative estimate of drug-likeness (QED) is 0.287. The summed E-state index contributed by atoms with van der Waals surface area (Å²) in [5.74, 6) is 0.650. The Balaban J connectivity index is 1.57. The van der Waals surface area contributed by atoms with Gasteiger partial charge in [-0.2, -0.15) is 0 Å². The first kappa shape index (κ1) is 29.3. The first-order chi connectivity index (χ1) is 18.9. The SMILES string of the molecule is CCOC(=O)C(CC(C)=CCc1c(OC)c(C)c2c(c1OCCN1CCOCC1)C(=O)OC2)N1CCOCC1. The number of rotatable bonds is 12. The number of morpholine rings is 2. The number of hydrogen-bond acceptors (Lipinski definition) is 10.